The van der Waals surface area contributed by atoms with Crippen molar-refractivity contribution in [2.75, 3.05) is 7.11 Å². The SMILES string of the molecule is COc1c[c]c2ccccc2n1. The molecule has 2 rings (SSSR count). The third-order valence-electron chi connectivity index (χ3n) is 1.69. The Morgan fingerprint density at radius 3 is 3.00 bits per heavy atom. The molecule has 0 bridgehead atoms. The fourth-order valence-corrected chi connectivity index (χ4v) is 1.09. The molecule has 0 aliphatic heterocycles. The second kappa shape index (κ2) is 2.81. The summed E-state index contributed by atoms with van der Waals surface area (Å²) in [5, 5.41) is 1.01. The van der Waals surface area contributed by atoms with Crippen molar-refractivity contribution in [3.05, 3.63) is 36.4 Å². The fourth-order valence-electron chi connectivity index (χ4n) is 1.09. The Morgan fingerprint density at radius 1 is 1.33 bits per heavy atom. The summed E-state index contributed by atoms with van der Waals surface area (Å²) in [5.41, 5.74) is 0.914. The molecule has 12 heavy (non-hydrogen) atoms. The van der Waals surface area contributed by atoms with Gasteiger partial charge in [-0.3, -0.25) is 0 Å². The molecule has 59 valence electrons. The van der Waals surface area contributed by atoms with Crippen molar-refractivity contribution in [1.82, 2.24) is 4.98 Å². The van der Waals surface area contributed by atoms with Gasteiger partial charge in [0.1, 0.15) is 0 Å². The van der Waals surface area contributed by atoms with Crippen LogP contribution in [0.1, 0.15) is 0 Å². The Labute approximate surface area is 70.8 Å². The zero-order valence-corrected chi connectivity index (χ0v) is 6.74. The van der Waals surface area contributed by atoms with Crippen molar-refractivity contribution in [2.24, 2.45) is 0 Å². The summed E-state index contributed by atoms with van der Waals surface area (Å²) in [7, 11) is 1.60. The highest BCUT2D eigenvalue weighted by atomic mass is 16.5. The molecule has 2 aromatic rings. The third kappa shape index (κ3) is 1.11. The number of pyridine rings is 1. The second-order valence-corrected chi connectivity index (χ2v) is 2.46. The van der Waals surface area contributed by atoms with Crippen LogP contribution in [0.3, 0.4) is 0 Å². The molecule has 0 fully saturated rings. The molecule has 1 heterocycles. The highest BCUT2D eigenvalue weighted by molar-refractivity contribution is 5.78. The van der Waals surface area contributed by atoms with Gasteiger partial charge in [0.05, 0.1) is 12.6 Å². The van der Waals surface area contributed by atoms with Crippen molar-refractivity contribution < 1.29 is 4.74 Å². The van der Waals surface area contributed by atoms with E-state index >= 15 is 0 Å². The van der Waals surface area contributed by atoms with Crippen molar-refractivity contribution in [3.8, 4) is 5.88 Å². The molecule has 0 aliphatic carbocycles. The standard InChI is InChI=1S/C10H8NO/c1-12-10-7-6-8-4-2-3-5-9(8)11-10/h2-5,7H,1H3. The molecule has 2 nitrogen and oxygen atoms in total. The molecule has 0 saturated heterocycles. The van der Waals surface area contributed by atoms with E-state index < -0.39 is 0 Å². The van der Waals surface area contributed by atoms with Crippen LogP contribution in [0.5, 0.6) is 5.88 Å². The summed E-state index contributed by atoms with van der Waals surface area (Å²) in [4.78, 5) is 4.24. The maximum Gasteiger partial charge on any atom is 0.214 e. The summed E-state index contributed by atoms with van der Waals surface area (Å²) in [6.07, 6.45) is 0. The van der Waals surface area contributed by atoms with E-state index in [0.717, 1.165) is 10.9 Å². The van der Waals surface area contributed by atoms with Gasteiger partial charge >= 0.3 is 0 Å². The molecule has 2 heteroatoms. The lowest BCUT2D eigenvalue weighted by molar-refractivity contribution is 0.399. The first-order valence-corrected chi connectivity index (χ1v) is 3.71. The van der Waals surface area contributed by atoms with Gasteiger partial charge in [-0.15, -0.1) is 0 Å². The monoisotopic (exact) mass is 158 g/mol. The lowest BCUT2D eigenvalue weighted by atomic mass is 10.2. The van der Waals surface area contributed by atoms with Gasteiger partial charge in [0.2, 0.25) is 5.88 Å². The number of hydrogen-bond acceptors (Lipinski definition) is 2. The van der Waals surface area contributed by atoms with E-state index in [0.29, 0.717) is 5.88 Å². The van der Waals surface area contributed by atoms with Crippen LogP contribution < -0.4 is 4.74 Å². The zero-order valence-electron chi connectivity index (χ0n) is 6.74. The number of fused-ring (bicyclic) bond motifs is 1. The smallest absolute Gasteiger partial charge is 0.214 e. The number of para-hydroxylation sites is 1. The predicted octanol–water partition coefficient (Wildman–Crippen LogP) is 2.04. The molecule has 0 unspecified atom stereocenters. The van der Waals surface area contributed by atoms with Crippen molar-refractivity contribution in [3.63, 3.8) is 0 Å². The van der Waals surface area contributed by atoms with Gasteiger partial charge in [-0.2, -0.15) is 0 Å². The van der Waals surface area contributed by atoms with E-state index in [-0.39, 0.29) is 0 Å². The van der Waals surface area contributed by atoms with Gasteiger partial charge in [-0.1, -0.05) is 18.2 Å². The van der Waals surface area contributed by atoms with Gasteiger partial charge in [0.25, 0.3) is 0 Å². The molecule has 0 aliphatic rings. The largest absolute Gasteiger partial charge is 0.481 e. The van der Waals surface area contributed by atoms with Crippen LogP contribution >= 0.6 is 0 Å². The number of aromatic nitrogens is 1. The topological polar surface area (TPSA) is 22.1 Å². The number of rotatable bonds is 1. The first kappa shape index (κ1) is 7.10. The minimum Gasteiger partial charge on any atom is -0.481 e. The highest BCUT2D eigenvalue weighted by Gasteiger charge is 1.95. The first-order chi connectivity index (χ1) is 5.90. The predicted molar refractivity (Wildman–Crippen MR) is 47.1 cm³/mol. The van der Waals surface area contributed by atoms with Gasteiger partial charge in [0.15, 0.2) is 0 Å². The molecular weight excluding hydrogens is 150 g/mol. The van der Waals surface area contributed by atoms with Crippen molar-refractivity contribution >= 4 is 10.9 Å². The van der Waals surface area contributed by atoms with E-state index in [2.05, 4.69) is 11.1 Å². The van der Waals surface area contributed by atoms with Gasteiger partial charge in [-0.05, 0) is 12.1 Å². The van der Waals surface area contributed by atoms with Crippen molar-refractivity contribution in [2.45, 2.75) is 0 Å². The fraction of sp³-hybridized carbons (Fsp3) is 0.100. The molecule has 1 aromatic heterocycles. The van der Waals surface area contributed by atoms with Crippen LogP contribution in [0, 0.1) is 6.07 Å². The third-order valence-corrected chi connectivity index (χ3v) is 1.69. The summed E-state index contributed by atoms with van der Waals surface area (Å²) in [6, 6.07) is 12.6. The van der Waals surface area contributed by atoms with E-state index in [1.54, 1.807) is 13.2 Å². The Morgan fingerprint density at radius 2 is 2.17 bits per heavy atom. The van der Waals surface area contributed by atoms with E-state index in [4.69, 9.17) is 4.74 Å². The summed E-state index contributed by atoms with van der Waals surface area (Å²) in [6.45, 7) is 0. The lowest BCUT2D eigenvalue weighted by Gasteiger charge is -1.99. The van der Waals surface area contributed by atoms with Crippen LogP contribution in [0.15, 0.2) is 30.3 Å². The summed E-state index contributed by atoms with van der Waals surface area (Å²) in [5.74, 6) is 0.605. The number of hydrogen-bond donors (Lipinski definition) is 0. The number of methoxy groups -OCH3 is 1. The van der Waals surface area contributed by atoms with Crippen LogP contribution in [0.2, 0.25) is 0 Å². The minimum atomic E-state index is 0.605. The average Bonchev–Trinajstić information content (AvgIpc) is 2.17. The lowest BCUT2D eigenvalue weighted by Crippen LogP contribution is -1.87. The molecule has 0 saturated carbocycles. The Hall–Kier alpha value is -1.57. The van der Waals surface area contributed by atoms with E-state index in [1.165, 1.54) is 0 Å². The molecule has 1 radical (unpaired) electrons. The van der Waals surface area contributed by atoms with Gasteiger partial charge in [-0.25, -0.2) is 4.98 Å². The normalized spacial score (nSPS) is 10.1. The minimum absolute atomic E-state index is 0.605. The molecular formula is C10H8NO. The van der Waals surface area contributed by atoms with Gasteiger partial charge < -0.3 is 4.74 Å². The van der Waals surface area contributed by atoms with E-state index in [9.17, 15) is 0 Å². The van der Waals surface area contributed by atoms with E-state index in [1.807, 2.05) is 24.3 Å². The molecule has 0 amide bonds. The number of ether oxygens (including phenoxy) is 1. The van der Waals surface area contributed by atoms with Crippen LogP contribution in [0.25, 0.3) is 10.9 Å². The maximum absolute atomic E-state index is 4.98. The van der Waals surface area contributed by atoms with Crippen molar-refractivity contribution in [1.29, 1.82) is 0 Å². The van der Waals surface area contributed by atoms with Gasteiger partial charge in [0, 0.05) is 11.5 Å². The Bertz CT molecular complexity index is 398. The quantitative estimate of drug-likeness (QED) is 0.633. The maximum atomic E-state index is 4.98. The molecule has 0 atom stereocenters. The molecule has 0 N–H and O–H groups in total. The summed E-state index contributed by atoms with van der Waals surface area (Å²) < 4.78 is 4.98. The highest BCUT2D eigenvalue weighted by Crippen LogP contribution is 2.14. The first-order valence-electron chi connectivity index (χ1n) is 3.71. The number of nitrogens with zero attached hydrogens (tertiary/aromatic N) is 1. The van der Waals surface area contributed by atoms with Crippen LogP contribution in [0.4, 0.5) is 0 Å². The second-order valence-electron chi connectivity index (χ2n) is 2.46. The number of benzene rings is 1. The average molecular weight is 158 g/mol. The molecule has 0 spiro atoms. The van der Waals surface area contributed by atoms with Crippen LogP contribution in [-0.2, 0) is 0 Å². The zero-order chi connectivity index (χ0) is 8.39. The Balaban J connectivity index is 2.67. The summed E-state index contributed by atoms with van der Waals surface area (Å²) >= 11 is 0. The van der Waals surface area contributed by atoms with Crippen LogP contribution in [-0.4, -0.2) is 12.1 Å². The Kier molecular flexibility index (Phi) is 1.67. The molecule has 1 aromatic carbocycles.